The number of nitrogens with one attached hydrogen (secondary N) is 2. The van der Waals surface area contributed by atoms with E-state index < -0.39 is 11.7 Å². The molecule has 32 heavy (non-hydrogen) atoms. The van der Waals surface area contributed by atoms with Crippen molar-refractivity contribution in [1.82, 2.24) is 9.55 Å². The van der Waals surface area contributed by atoms with Gasteiger partial charge in [0.05, 0.1) is 28.0 Å². The van der Waals surface area contributed by atoms with Gasteiger partial charge in [-0.3, -0.25) is 14.2 Å². The highest BCUT2D eigenvalue weighted by Gasteiger charge is 2.11. The summed E-state index contributed by atoms with van der Waals surface area (Å²) in [5, 5.41) is 5.00. The molecular formula is C23H19N3O5S. The van der Waals surface area contributed by atoms with Gasteiger partial charge in [0.1, 0.15) is 0 Å². The lowest BCUT2D eigenvalue weighted by molar-refractivity contribution is 0.0495. The summed E-state index contributed by atoms with van der Waals surface area (Å²) >= 11 is 1.34. The van der Waals surface area contributed by atoms with Crippen molar-refractivity contribution in [2.45, 2.75) is 13.0 Å². The number of thiophene rings is 1. The number of hydrogen-bond acceptors (Lipinski definition) is 6. The molecule has 2 aromatic heterocycles. The van der Waals surface area contributed by atoms with Crippen molar-refractivity contribution in [1.29, 1.82) is 0 Å². The maximum absolute atomic E-state index is 12.5. The van der Waals surface area contributed by atoms with Crippen LogP contribution in [0.4, 0.5) is 5.69 Å². The summed E-state index contributed by atoms with van der Waals surface area (Å²) in [4.78, 5) is 52.2. The van der Waals surface area contributed by atoms with Gasteiger partial charge in [0.2, 0.25) is 0 Å². The molecule has 0 saturated carbocycles. The zero-order valence-corrected chi connectivity index (χ0v) is 17.7. The highest BCUT2D eigenvalue weighted by molar-refractivity contribution is 7.12. The van der Waals surface area contributed by atoms with Crippen molar-refractivity contribution < 1.29 is 14.3 Å². The molecule has 4 rings (SSSR count). The third kappa shape index (κ3) is 4.68. The fourth-order valence-corrected chi connectivity index (χ4v) is 3.78. The van der Waals surface area contributed by atoms with E-state index in [4.69, 9.17) is 4.74 Å². The van der Waals surface area contributed by atoms with Crippen molar-refractivity contribution in [3.05, 3.63) is 97.3 Å². The molecule has 0 radical (unpaired) electrons. The van der Waals surface area contributed by atoms with Crippen LogP contribution in [0.5, 0.6) is 0 Å². The van der Waals surface area contributed by atoms with Gasteiger partial charge in [-0.15, -0.1) is 11.3 Å². The molecule has 0 bridgehead atoms. The molecule has 9 heteroatoms. The number of amides is 1. The van der Waals surface area contributed by atoms with Crippen LogP contribution < -0.4 is 16.6 Å². The Morgan fingerprint density at radius 3 is 2.53 bits per heavy atom. The summed E-state index contributed by atoms with van der Waals surface area (Å²) < 4.78 is 6.34. The second-order valence-electron chi connectivity index (χ2n) is 6.93. The Hall–Kier alpha value is -3.98. The summed E-state index contributed by atoms with van der Waals surface area (Å²) in [6, 6.07) is 16.7. The molecule has 1 amide bonds. The van der Waals surface area contributed by atoms with Crippen LogP contribution >= 0.6 is 11.3 Å². The summed E-state index contributed by atoms with van der Waals surface area (Å²) in [6.07, 6.45) is 0.308. The third-order valence-electron chi connectivity index (χ3n) is 4.77. The predicted molar refractivity (Wildman–Crippen MR) is 122 cm³/mol. The number of H-pyrrole nitrogens is 1. The van der Waals surface area contributed by atoms with Crippen LogP contribution in [0, 0.1) is 0 Å². The van der Waals surface area contributed by atoms with Gasteiger partial charge in [0.25, 0.3) is 11.5 Å². The summed E-state index contributed by atoms with van der Waals surface area (Å²) in [6.45, 7) is 0.175. The molecule has 0 aliphatic carbocycles. The number of carbonyl (C=O) groups is 2. The second kappa shape index (κ2) is 9.44. The van der Waals surface area contributed by atoms with Gasteiger partial charge >= 0.3 is 11.7 Å². The van der Waals surface area contributed by atoms with Crippen molar-refractivity contribution in [3.8, 4) is 0 Å². The number of anilines is 1. The topological polar surface area (TPSA) is 110 Å². The standard InChI is InChI=1S/C23H19N3O5S/c27-20(19-7-3-14-32-19)24-16-10-8-15(9-11-16)22(29)31-13-4-12-26-21(28)17-5-1-2-6-18(17)25-23(26)30/h1-3,5-11,14H,4,12-13H2,(H,24,27)(H,25,30). The first-order valence-electron chi connectivity index (χ1n) is 9.87. The number of esters is 1. The molecule has 4 aromatic rings. The van der Waals surface area contributed by atoms with Crippen LogP contribution in [-0.4, -0.2) is 28.0 Å². The highest BCUT2D eigenvalue weighted by Crippen LogP contribution is 2.15. The summed E-state index contributed by atoms with van der Waals surface area (Å²) in [7, 11) is 0. The number of carbonyl (C=O) groups excluding carboxylic acids is 2. The monoisotopic (exact) mass is 449 g/mol. The first-order chi connectivity index (χ1) is 15.5. The zero-order chi connectivity index (χ0) is 22.5. The smallest absolute Gasteiger partial charge is 0.338 e. The first-order valence-corrected chi connectivity index (χ1v) is 10.7. The molecule has 2 aromatic carbocycles. The maximum Gasteiger partial charge on any atom is 0.338 e. The fourth-order valence-electron chi connectivity index (χ4n) is 3.16. The Bertz CT molecular complexity index is 1370. The van der Waals surface area contributed by atoms with Gasteiger partial charge in [-0.2, -0.15) is 0 Å². The molecule has 0 aliphatic rings. The third-order valence-corrected chi connectivity index (χ3v) is 5.64. The number of ether oxygens (including phenoxy) is 1. The van der Waals surface area contributed by atoms with E-state index in [-0.39, 0.29) is 24.6 Å². The molecule has 0 saturated heterocycles. The van der Waals surface area contributed by atoms with E-state index >= 15 is 0 Å². The van der Waals surface area contributed by atoms with Crippen molar-refractivity contribution >= 4 is 39.8 Å². The number of fused-ring (bicyclic) bond motifs is 1. The molecule has 0 spiro atoms. The lowest BCUT2D eigenvalue weighted by atomic mass is 10.2. The van der Waals surface area contributed by atoms with Crippen molar-refractivity contribution in [2.75, 3.05) is 11.9 Å². The van der Waals surface area contributed by atoms with Gasteiger partial charge in [-0.1, -0.05) is 18.2 Å². The van der Waals surface area contributed by atoms with Crippen LogP contribution in [0.25, 0.3) is 10.9 Å². The largest absolute Gasteiger partial charge is 0.462 e. The molecule has 0 fully saturated rings. The number of aromatic amines is 1. The minimum Gasteiger partial charge on any atom is -0.462 e. The quantitative estimate of drug-likeness (QED) is 0.332. The van der Waals surface area contributed by atoms with E-state index in [1.807, 2.05) is 5.38 Å². The van der Waals surface area contributed by atoms with Crippen LogP contribution in [0.2, 0.25) is 0 Å². The number of aromatic nitrogens is 2. The Morgan fingerprint density at radius 2 is 1.78 bits per heavy atom. The number of nitrogens with zero attached hydrogens (tertiary/aromatic N) is 1. The minimum absolute atomic E-state index is 0.0500. The fraction of sp³-hybridized carbons (Fsp3) is 0.130. The first kappa shape index (κ1) is 21.3. The van der Waals surface area contributed by atoms with Crippen LogP contribution in [-0.2, 0) is 11.3 Å². The number of rotatable bonds is 7. The highest BCUT2D eigenvalue weighted by atomic mass is 32.1. The number of benzene rings is 2. The Balaban J connectivity index is 1.31. The van der Waals surface area contributed by atoms with Crippen LogP contribution in [0.1, 0.15) is 26.5 Å². The molecule has 0 aliphatic heterocycles. The molecule has 0 unspecified atom stereocenters. The molecule has 8 nitrogen and oxygen atoms in total. The molecule has 0 atom stereocenters. The van der Waals surface area contributed by atoms with E-state index in [0.29, 0.717) is 33.5 Å². The lowest BCUT2D eigenvalue weighted by Crippen LogP contribution is -2.35. The molecule has 2 heterocycles. The number of hydrogen-bond donors (Lipinski definition) is 2. The normalized spacial score (nSPS) is 10.8. The predicted octanol–water partition coefficient (Wildman–Crippen LogP) is 3.25. The van der Waals surface area contributed by atoms with Crippen LogP contribution in [0.15, 0.2) is 75.6 Å². The van der Waals surface area contributed by atoms with E-state index in [1.54, 1.807) is 60.7 Å². The van der Waals surface area contributed by atoms with E-state index in [2.05, 4.69) is 10.3 Å². The van der Waals surface area contributed by atoms with E-state index in [9.17, 15) is 19.2 Å². The van der Waals surface area contributed by atoms with Gasteiger partial charge in [0.15, 0.2) is 0 Å². The van der Waals surface area contributed by atoms with Crippen LogP contribution in [0.3, 0.4) is 0 Å². The Kier molecular flexibility index (Phi) is 6.27. The lowest BCUT2D eigenvalue weighted by Gasteiger charge is -2.08. The Morgan fingerprint density at radius 1 is 1.00 bits per heavy atom. The van der Waals surface area contributed by atoms with Gasteiger partial charge in [0, 0.05) is 12.2 Å². The molecule has 162 valence electrons. The SMILES string of the molecule is O=C(OCCCn1c(=O)[nH]c2ccccc2c1=O)c1ccc(NC(=O)c2cccs2)cc1. The zero-order valence-electron chi connectivity index (χ0n) is 16.9. The van der Waals surface area contributed by atoms with E-state index in [0.717, 1.165) is 4.57 Å². The van der Waals surface area contributed by atoms with Gasteiger partial charge in [-0.05, 0) is 54.3 Å². The summed E-state index contributed by atoms with van der Waals surface area (Å²) in [5.41, 5.74) is 0.506. The maximum atomic E-state index is 12.5. The average molecular weight is 449 g/mol. The average Bonchev–Trinajstić information content (AvgIpc) is 3.34. The van der Waals surface area contributed by atoms with Crippen molar-refractivity contribution in [2.24, 2.45) is 0 Å². The molecule has 2 N–H and O–H groups in total. The Labute approximate surface area is 186 Å². The van der Waals surface area contributed by atoms with E-state index in [1.165, 1.54) is 11.3 Å². The number of para-hydroxylation sites is 1. The van der Waals surface area contributed by atoms with Crippen molar-refractivity contribution in [3.63, 3.8) is 0 Å². The van der Waals surface area contributed by atoms with Gasteiger partial charge in [-0.25, -0.2) is 9.59 Å². The molecular weight excluding hydrogens is 430 g/mol. The minimum atomic E-state index is -0.527. The second-order valence-corrected chi connectivity index (χ2v) is 7.88. The van der Waals surface area contributed by atoms with Gasteiger partial charge < -0.3 is 15.0 Å². The summed E-state index contributed by atoms with van der Waals surface area (Å²) in [5.74, 6) is -0.741.